The number of aliphatic hydroxyl groups is 1. The molecule has 5 rings (SSSR count). The van der Waals surface area contributed by atoms with E-state index in [0.717, 1.165) is 10.7 Å². The van der Waals surface area contributed by atoms with Crippen molar-refractivity contribution in [3.05, 3.63) is 69.7 Å². The molecular formula is C22H18B2F3N7O3. The number of benzene rings is 1. The van der Waals surface area contributed by atoms with Crippen LogP contribution < -0.4 is 15.8 Å². The minimum atomic E-state index is -2.46. The fraction of sp³-hybridized carbons (Fsp3) is 0.273. The van der Waals surface area contributed by atoms with Crippen molar-refractivity contribution in [2.24, 2.45) is 0 Å². The number of rotatable bonds is 5. The van der Waals surface area contributed by atoms with Gasteiger partial charge in [0.25, 0.3) is 11.5 Å². The minimum absolute atomic E-state index is 0.0725. The van der Waals surface area contributed by atoms with Gasteiger partial charge < -0.3 is 20.3 Å². The first-order valence-electron chi connectivity index (χ1n) is 11.1. The van der Waals surface area contributed by atoms with Crippen LogP contribution in [-0.4, -0.2) is 82.9 Å². The molecule has 0 aliphatic carbocycles. The van der Waals surface area contributed by atoms with Crippen LogP contribution in [0.1, 0.15) is 16.1 Å². The Morgan fingerprint density at radius 2 is 1.86 bits per heavy atom. The summed E-state index contributed by atoms with van der Waals surface area (Å²) in [5.41, 5.74) is -3.19. The van der Waals surface area contributed by atoms with Gasteiger partial charge in [-0.25, -0.2) is 18.3 Å². The van der Waals surface area contributed by atoms with E-state index in [9.17, 15) is 23.5 Å². The molecule has 3 N–H and O–H groups in total. The summed E-state index contributed by atoms with van der Waals surface area (Å²) in [7, 11) is 10.2. The fourth-order valence-electron chi connectivity index (χ4n) is 4.34. The molecular weight excluding hydrogens is 489 g/mol. The van der Waals surface area contributed by atoms with Crippen molar-refractivity contribution in [3.8, 4) is 0 Å². The first-order chi connectivity index (χ1) is 17.5. The van der Waals surface area contributed by atoms with Crippen LogP contribution in [0.2, 0.25) is 0 Å². The molecule has 4 heterocycles. The topological polar surface area (TPSA) is 119 Å². The number of carbonyl (C=O) groups excluding carboxylic acids is 1. The van der Waals surface area contributed by atoms with E-state index in [4.69, 9.17) is 15.7 Å². The molecule has 0 saturated carbocycles. The van der Waals surface area contributed by atoms with E-state index in [-0.39, 0.29) is 34.5 Å². The van der Waals surface area contributed by atoms with Gasteiger partial charge in [-0.05, 0) is 18.2 Å². The Kier molecular flexibility index (Phi) is 6.20. The Labute approximate surface area is 209 Å². The Morgan fingerprint density at radius 3 is 2.54 bits per heavy atom. The van der Waals surface area contributed by atoms with Gasteiger partial charge in [0.15, 0.2) is 17.2 Å². The van der Waals surface area contributed by atoms with E-state index >= 15 is 4.39 Å². The number of carbonyl (C=O) groups is 1. The van der Waals surface area contributed by atoms with E-state index in [1.165, 1.54) is 12.1 Å². The van der Waals surface area contributed by atoms with Crippen LogP contribution in [0.25, 0.3) is 16.6 Å². The second-order valence-corrected chi connectivity index (χ2v) is 8.69. The fourth-order valence-corrected chi connectivity index (χ4v) is 4.34. The van der Waals surface area contributed by atoms with Gasteiger partial charge in [-0.2, -0.15) is 9.49 Å². The zero-order valence-electron chi connectivity index (χ0n) is 19.2. The quantitative estimate of drug-likeness (QED) is 0.198. The number of nitrogens with zero attached hydrogens (tertiary/aromatic N) is 5. The lowest BCUT2D eigenvalue weighted by Crippen LogP contribution is -2.49. The Balaban J connectivity index is 1.28. The number of hydrogen-bond acceptors (Lipinski definition) is 7. The zero-order valence-corrected chi connectivity index (χ0v) is 19.2. The molecule has 15 heteroatoms. The number of amides is 1. The molecule has 4 radical (unpaired) electrons. The number of aromatic amines is 1. The van der Waals surface area contributed by atoms with Gasteiger partial charge in [0, 0.05) is 43.8 Å². The Hall–Kier alpha value is -3.84. The van der Waals surface area contributed by atoms with Gasteiger partial charge in [-0.15, -0.1) is 0 Å². The standard InChI is InChI=1S/C22H18B2F3N7O3/c23-22(24,37)31-20(35)13-2-4-15(19(27)29-13)33-7-5-32(6-8-33)10-11-1-3-14-17(16(11)26)30-21(36)18-12(25)9-28-34(14)18/h1-4,9,37H,5-8,10H2,(H,30,36)(H,31,35). The molecule has 186 valence electrons. The predicted molar refractivity (Wildman–Crippen MR) is 129 cm³/mol. The molecule has 0 atom stereocenters. The third-order valence-corrected chi connectivity index (χ3v) is 6.09. The number of fused-ring (bicyclic) bond motifs is 3. The van der Waals surface area contributed by atoms with Crippen LogP contribution in [-0.2, 0) is 6.54 Å². The van der Waals surface area contributed by atoms with Crippen molar-refractivity contribution in [1.82, 2.24) is 29.8 Å². The van der Waals surface area contributed by atoms with E-state index in [2.05, 4.69) is 15.1 Å². The highest BCUT2D eigenvalue weighted by Gasteiger charge is 2.24. The first kappa shape index (κ1) is 24.8. The van der Waals surface area contributed by atoms with E-state index in [0.29, 0.717) is 31.7 Å². The van der Waals surface area contributed by atoms with Crippen LogP contribution in [0, 0.1) is 17.6 Å². The number of halogens is 3. The van der Waals surface area contributed by atoms with E-state index in [1.807, 2.05) is 10.2 Å². The van der Waals surface area contributed by atoms with Crippen molar-refractivity contribution < 1.29 is 23.1 Å². The van der Waals surface area contributed by atoms with E-state index < -0.39 is 34.6 Å². The molecule has 1 saturated heterocycles. The van der Waals surface area contributed by atoms with Crippen LogP contribution in [0.15, 0.2) is 35.3 Å². The third-order valence-electron chi connectivity index (χ3n) is 6.09. The largest absolute Gasteiger partial charge is 0.390 e. The normalized spacial score (nSPS) is 15.0. The number of anilines is 1. The molecule has 37 heavy (non-hydrogen) atoms. The van der Waals surface area contributed by atoms with Gasteiger partial charge in [-0.1, -0.05) is 6.07 Å². The molecule has 1 amide bonds. The second-order valence-electron chi connectivity index (χ2n) is 8.69. The number of pyridine rings is 1. The Morgan fingerprint density at radius 1 is 1.14 bits per heavy atom. The summed E-state index contributed by atoms with van der Waals surface area (Å²) in [6.07, 6.45) is 0.899. The molecule has 1 fully saturated rings. The van der Waals surface area contributed by atoms with Crippen molar-refractivity contribution in [2.45, 2.75) is 12.1 Å². The summed E-state index contributed by atoms with van der Waals surface area (Å²) in [6, 6.07) is 5.78. The summed E-state index contributed by atoms with van der Waals surface area (Å²) in [5, 5.41) is 15.0. The number of hydrogen-bond donors (Lipinski definition) is 3. The highest BCUT2D eigenvalue weighted by molar-refractivity contribution is 6.39. The van der Waals surface area contributed by atoms with Crippen molar-refractivity contribution in [1.29, 1.82) is 0 Å². The minimum Gasteiger partial charge on any atom is -0.390 e. The molecule has 1 aromatic carbocycles. The maximum atomic E-state index is 15.3. The van der Waals surface area contributed by atoms with Crippen LogP contribution in [0.5, 0.6) is 0 Å². The van der Waals surface area contributed by atoms with Crippen molar-refractivity contribution >= 4 is 43.8 Å². The van der Waals surface area contributed by atoms with Crippen molar-refractivity contribution in [3.63, 3.8) is 0 Å². The number of H-pyrrole nitrogens is 1. The molecule has 0 unspecified atom stereocenters. The third kappa shape index (κ3) is 4.79. The number of aromatic nitrogens is 4. The lowest BCUT2D eigenvalue weighted by atomic mass is 9.73. The van der Waals surface area contributed by atoms with Gasteiger partial charge in [0.1, 0.15) is 26.9 Å². The maximum Gasteiger partial charge on any atom is 0.277 e. The summed E-state index contributed by atoms with van der Waals surface area (Å²) in [5.74, 6) is -3.27. The van der Waals surface area contributed by atoms with Gasteiger partial charge in [0.05, 0.1) is 17.4 Å². The number of nitrogens with one attached hydrogen (secondary N) is 2. The first-order valence-corrected chi connectivity index (χ1v) is 11.1. The molecule has 1 aliphatic heterocycles. The average molecular weight is 507 g/mol. The van der Waals surface area contributed by atoms with Gasteiger partial charge in [-0.3, -0.25) is 14.5 Å². The second kappa shape index (κ2) is 9.23. The van der Waals surface area contributed by atoms with Gasteiger partial charge >= 0.3 is 0 Å². The monoisotopic (exact) mass is 507 g/mol. The zero-order chi connectivity index (χ0) is 26.5. The summed E-state index contributed by atoms with van der Waals surface area (Å²) >= 11 is 0. The lowest BCUT2D eigenvalue weighted by Gasteiger charge is -2.36. The number of piperazine rings is 1. The Bertz CT molecular complexity index is 1580. The van der Waals surface area contributed by atoms with Gasteiger partial charge in [0.2, 0.25) is 5.95 Å². The van der Waals surface area contributed by atoms with Crippen LogP contribution in [0.3, 0.4) is 0 Å². The highest BCUT2D eigenvalue weighted by Crippen LogP contribution is 2.24. The smallest absolute Gasteiger partial charge is 0.277 e. The summed E-state index contributed by atoms with van der Waals surface area (Å²) in [6.45, 7) is 1.95. The molecule has 3 aromatic heterocycles. The van der Waals surface area contributed by atoms with Crippen LogP contribution in [0.4, 0.5) is 18.9 Å². The molecule has 10 nitrogen and oxygen atoms in total. The summed E-state index contributed by atoms with van der Waals surface area (Å²) < 4.78 is 44.8. The SMILES string of the molecule is [B]C([B])(O)NC(=O)c1ccc(N2CCN(Cc3ccc4c([nH]c(=O)c5c(F)cnn54)c3F)CC2)c(F)n1. The molecule has 0 bridgehead atoms. The average Bonchev–Trinajstić information content (AvgIpc) is 3.23. The molecule has 1 aliphatic rings. The van der Waals surface area contributed by atoms with E-state index in [1.54, 1.807) is 17.0 Å². The van der Waals surface area contributed by atoms with Crippen molar-refractivity contribution in [2.75, 3.05) is 31.1 Å². The highest BCUT2D eigenvalue weighted by atomic mass is 19.1. The molecule has 0 spiro atoms. The predicted octanol–water partition coefficient (Wildman–Crippen LogP) is -0.0193. The lowest BCUT2D eigenvalue weighted by molar-refractivity contribution is 0.0834. The maximum absolute atomic E-state index is 15.3. The molecule has 4 aromatic rings. The summed E-state index contributed by atoms with van der Waals surface area (Å²) in [4.78, 5) is 33.9. The van der Waals surface area contributed by atoms with Crippen LogP contribution >= 0.6 is 0 Å².